The summed E-state index contributed by atoms with van der Waals surface area (Å²) in [6.07, 6.45) is 0.731. The fourth-order valence-corrected chi connectivity index (χ4v) is 5.26. The first-order valence-electron chi connectivity index (χ1n) is 11.3. The van der Waals surface area contributed by atoms with Crippen molar-refractivity contribution in [2.45, 2.75) is 38.1 Å². The number of hydrogen-bond donors (Lipinski definition) is 1. The average Bonchev–Trinajstić information content (AvgIpc) is 2.83. The molecule has 0 aliphatic heterocycles. The van der Waals surface area contributed by atoms with Crippen molar-refractivity contribution in [2.24, 2.45) is 5.92 Å². The van der Waals surface area contributed by atoms with E-state index in [9.17, 15) is 13.2 Å². The lowest BCUT2D eigenvalue weighted by molar-refractivity contribution is -0.120. The number of ether oxygens (including phenoxy) is 1. The lowest BCUT2D eigenvalue weighted by atomic mass is 9.97. The zero-order chi connectivity index (χ0) is 24.7. The number of hydrogen-bond acceptors (Lipinski definition) is 4. The normalized spacial score (nSPS) is 12.3. The minimum Gasteiger partial charge on any atom is -0.495 e. The molecule has 0 radical (unpaired) electrons. The summed E-state index contributed by atoms with van der Waals surface area (Å²) in [5.74, 6) is 0.323. The van der Waals surface area contributed by atoms with Crippen LogP contribution in [-0.2, 0) is 14.8 Å². The van der Waals surface area contributed by atoms with Gasteiger partial charge in [0.2, 0.25) is 5.91 Å². The number of amides is 1. The molecule has 3 aromatic carbocycles. The zero-order valence-electron chi connectivity index (χ0n) is 20.1. The molecule has 0 fully saturated rings. The number of sulfonamides is 1. The van der Waals surface area contributed by atoms with E-state index in [1.165, 1.54) is 19.2 Å². The van der Waals surface area contributed by atoms with E-state index in [4.69, 9.17) is 4.74 Å². The van der Waals surface area contributed by atoms with Gasteiger partial charge in [-0.3, -0.25) is 9.10 Å². The van der Waals surface area contributed by atoms with E-state index >= 15 is 0 Å². The molecule has 0 aliphatic carbocycles. The molecule has 3 rings (SSSR count). The smallest absolute Gasteiger partial charge is 0.264 e. The van der Waals surface area contributed by atoms with Crippen LogP contribution >= 0.6 is 0 Å². The fourth-order valence-electron chi connectivity index (χ4n) is 3.82. The predicted octanol–water partition coefficient (Wildman–Crippen LogP) is 5.10. The Balaban J connectivity index is 1.99. The van der Waals surface area contributed by atoms with Gasteiger partial charge < -0.3 is 10.1 Å². The Labute approximate surface area is 202 Å². The number of carbonyl (C=O) groups excluding carboxylic acids is 1. The molecule has 3 aromatic rings. The number of carbonyl (C=O) groups is 1. The molecule has 0 saturated carbocycles. The minimum absolute atomic E-state index is 0.105. The lowest BCUT2D eigenvalue weighted by Gasteiger charge is -2.28. The number of anilines is 1. The van der Waals surface area contributed by atoms with Gasteiger partial charge in [-0.25, -0.2) is 8.42 Å². The second kappa shape index (κ2) is 11.2. The van der Waals surface area contributed by atoms with Crippen LogP contribution in [0.15, 0.2) is 83.8 Å². The molecule has 0 aliphatic rings. The zero-order valence-corrected chi connectivity index (χ0v) is 20.9. The molecule has 0 heterocycles. The van der Waals surface area contributed by atoms with Gasteiger partial charge in [0.05, 0.1) is 23.7 Å². The van der Waals surface area contributed by atoms with Crippen molar-refractivity contribution in [1.29, 1.82) is 0 Å². The van der Waals surface area contributed by atoms with E-state index in [-0.39, 0.29) is 17.5 Å². The predicted molar refractivity (Wildman–Crippen MR) is 135 cm³/mol. The summed E-state index contributed by atoms with van der Waals surface area (Å²) < 4.78 is 33.9. The summed E-state index contributed by atoms with van der Waals surface area (Å²) >= 11 is 0. The maximum absolute atomic E-state index is 13.7. The molecule has 1 atom stereocenters. The van der Waals surface area contributed by atoms with E-state index in [0.717, 1.165) is 21.9 Å². The Hall–Kier alpha value is -3.32. The van der Waals surface area contributed by atoms with Crippen molar-refractivity contribution in [3.05, 3.63) is 90.0 Å². The molecule has 0 bridgehead atoms. The molecule has 0 unspecified atom stereocenters. The van der Waals surface area contributed by atoms with Gasteiger partial charge in [-0.15, -0.1) is 0 Å². The summed E-state index contributed by atoms with van der Waals surface area (Å²) in [7, 11) is -2.55. The van der Waals surface area contributed by atoms with Crippen LogP contribution < -0.4 is 14.4 Å². The van der Waals surface area contributed by atoms with Gasteiger partial charge in [0.25, 0.3) is 10.0 Å². The van der Waals surface area contributed by atoms with Crippen LogP contribution in [0, 0.1) is 12.8 Å². The maximum Gasteiger partial charge on any atom is 0.264 e. The van der Waals surface area contributed by atoms with Crippen LogP contribution in [0.25, 0.3) is 0 Å². The second-order valence-electron chi connectivity index (χ2n) is 8.66. The first kappa shape index (κ1) is 25.3. The number of methoxy groups -OCH3 is 1. The minimum atomic E-state index is -4.03. The quantitative estimate of drug-likeness (QED) is 0.438. The van der Waals surface area contributed by atoms with Gasteiger partial charge in [0.1, 0.15) is 12.3 Å². The van der Waals surface area contributed by atoms with Gasteiger partial charge in [-0.2, -0.15) is 0 Å². The molecule has 0 aromatic heterocycles. The molecule has 0 saturated heterocycles. The standard InChI is InChI=1S/C27H32N2O4S/c1-20(2)17-24(22-11-7-5-8-12-22)28-27(30)19-29(25-18-21(3)15-16-26(25)33-4)34(31,32)23-13-9-6-10-14-23/h5-16,18,20,24H,17,19H2,1-4H3,(H,28,30)/t24-/m0/s1. The Morgan fingerprint density at radius 1 is 0.971 bits per heavy atom. The van der Waals surface area contributed by atoms with Gasteiger partial charge in [-0.1, -0.05) is 68.4 Å². The Kier molecular flexibility index (Phi) is 8.34. The lowest BCUT2D eigenvalue weighted by Crippen LogP contribution is -2.42. The third-order valence-electron chi connectivity index (χ3n) is 5.47. The number of nitrogens with one attached hydrogen (secondary N) is 1. The molecule has 34 heavy (non-hydrogen) atoms. The van der Waals surface area contributed by atoms with Crippen molar-refractivity contribution < 1.29 is 17.9 Å². The average molecular weight is 481 g/mol. The van der Waals surface area contributed by atoms with Crippen molar-refractivity contribution in [2.75, 3.05) is 18.0 Å². The molecule has 7 heteroatoms. The summed E-state index contributed by atoms with van der Waals surface area (Å²) in [4.78, 5) is 13.4. The molecular formula is C27H32N2O4S. The highest BCUT2D eigenvalue weighted by Gasteiger charge is 2.30. The molecular weight excluding hydrogens is 448 g/mol. The van der Waals surface area contributed by atoms with Crippen LogP contribution in [0.3, 0.4) is 0 Å². The maximum atomic E-state index is 13.7. The highest BCUT2D eigenvalue weighted by molar-refractivity contribution is 7.92. The van der Waals surface area contributed by atoms with E-state index in [1.54, 1.807) is 30.3 Å². The van der Waals surface area contributed by atoms with Crippen LogP contribution in [0.1, 0.15) is 37.4 Å². The fraction of sp³-hybridized carbons (Fsp3) is 0.296. The van der Waals surface area contributed by atoms with Crippen molar-refractivity contribution >= 4 is 21.6 Å². The number of nitrogens with zero attached hydrogens (tertiary/aromatic N) is 1. The van der Waals surface area contributed by atoms with Crippen molar-refractivity contribution in [1.82, 2.24) is 5.32 Å². The van der Waals surface area contributed by atoms with Gasteiger partial charge in [0.15, 0.2) is 0 Å². The molecule has 180 valence electrons. The van der Waals surface area contributed by atoms with E-state index < -0.39 is 15.9 Å². The third kappa shape index (κ3) is 6.17. The van der Waals surface area contributed by atoms with E-state index in [0.29, 0.717) is 17.4 Å². The number of benzene rings is 3. The highest BCUT2D eigenvalue weighted by Crippen LogP contribution is 2.33. The molecule has 1 amide bonds. The Morgan fingerprint density at radius 2 is 1.59 bits per heavy atom. The first-order chi connectivity index (χ1) is 16.2. The first-order valence-corrected chi connectivity index (χ1v) is 12.7. The van der Waals surface area contributed by atoms with Crippen LogP contribution in [-0.4, -0.2) is 28.0 Å². The summed E-state index contributed by atoms with van der Waals surface area (Å²) in [5.41, 5.74) is 2.16. The van der Waals surface area contributed by atoms with Crippen LogP contribution in [0.5, 0.6) is 5.75 Å². The SMILES string of the molecule is COc1ccc(C)cc1N(CC(=O)N[C@@H](CC(C)C)c1ccccc1)S(=O)(=O)c1ccccc1. The number of aryl methyl sites for hydroxylation is 1. The Morgan fingerprint density at radius 3 is 2.18 bits per heavy atom. The number of rotatable bonds is 10. The molecule has 1 N–H and O–H groups in total. The van der Waals surface area contributed by atoms with Crippen molar-refractivity contribution in [3.63, 3.8) is 0 Å². The summed E-state index contributed by atoms with van der Waals surface area (Å²) in [5, 5.41) is 3.05. The third-order valence-corrected chi connectivity index (χ3v) is 7.24. The second-order valence-corrected chi connectivity index (χ2v) is 10.5. The molecule has 0 spiro atoms. The van der Waals surface area contributed by atoms with Crippen molar-refractivity contribution in [3.8, 4) is 5.75 Å². The summed E-state index contributed by atoms with van der Waals surface area (Å²) in [6, 6.07) is 22.9. The van der Waals surface area contributed by atoms with Gasteiger partial charge in [0, 0.05) is 0 Å². The summed E-state index contributed by atoms with van der Waals surface area (Å²) in [6.45, 7) is 5.67. The van der Waals surface area contributed by atoms with E-state index in [2.05, 4.69) is 19.2 Å². The van der Waals surface area contributed by atoms with Crippen LogP contribution in [0.4, 0.5) is 5.69 Å². The van der Waals surface area contributed by atoms with Crippen LogP contribution in [0.2, 0.25) is 0 Å². The Bertz CT molecular complexity index is 1200. The van der Waals surface area contributed by atoms with Gasteiger partial charge in [-0.05, 0) is 54.7 Å². The largest absolute Gasteiger partial charge is 0.495 e. The molecule has 6 nitrogen and oxygen atoms in total. The topological polar surface area (TPSA) is 75.7 Å². The van der Waals surface area contributed by atoms with Gasteiger partial charge >= 0.3 is 0 Å². The highest BCUT2D eigenvalue weighted by atomic mass is 32.2. The van der Waals surface area contributed by atoms with E-state index in [1.807, 2.05) is 43.3 Å². The monoisotopic (exact) mass is 480 g/mol.